The number of carbonyl (C=O) groups excluding carboxylic acids is 1. The van der Waals surface area contributed by atoms with Gasteiger partial charge < -0.3 is 4.90 Å². The second kappa shape index (κ2) is 8.17. The van der Waals surface area contributed by atoms with E-state index in [9.17, 15) is 9.59 Å². The molecule has 1 amide bonds. The maximum Gasteiger partial charge on any atom is 0.263 e. The SMILES string of the molecule is CCCCN(C)C(=O)Cn1cnc2scc(-c3ccc4ccccc4c3)c2c1=O. The van der Waals surface area contributed by atoms with Gasteiger partial charge in [0.05, 0.1) is 11.7 Å². The van der Waals surface area contributed by atoms with E-state index < -0.39 is 0 Å². The molecule has 6 heteroatoms. The number of hydrogen-bond acceptors (Lipinski definition) is 4. The van der Waals surface area contributed by atoms with Crippen molar-refractivity contribution in [2.24, 2.45) is 0 Å². The second-order valence-electron chi connectivity index (χ2n) is 7.24. The third-order valence-corrected chi connectivity index (χ3v) is 6.09. The van der Waals surface area contributed by atoms with E-state index in [4.69, 9.17) is 0 Å². The van der Waals surface area contributed by atoms with Gasteiger partial charge in [-0.25, -0.2) is 4.98 Å². The average molecular weight is 406 g/mol. The van der Waals surface area contributed by atoms with Crippen LogP contribution in [0.1, 0.15) is 19.8 Å². The van der Waals surface area contributed by atoms with Crippen molar-refractivity contribution in [3.63, 3.8) is 0 Å². The van der Waals surface area contributed by atoms with Crippen molar-refractivity contribution in [3.05, 3.63) is 64.5 Å². The van der Waals surface area contributed by atoms with E-state index in [1.807, 2.05) is 23.6 Å². The highest BCUT2D eigenvalue weighted by Crippen LogP contribution is 2.32. The quantitative estimate of drug-likeness (QED) is 0.473. The van der Waals surface area contributed by atoms with Crippen LogP contribution in [-0.2, 0) is 11.3 Å². The molecule has 0 unspecified atom stereocenters. The van der Waals surface area contributed by atoms with E-state index in [-0.39, 0.29) is 18.0 Å². The first-order valence-corrected chi connectivity index (χ1v) is 10.7. The van der Waals surface area contributed by atoms with Crippen LogP contribution in [0.4, 0.5) is 0 Å². The third-order valence-electron chi connectivity index (χ3n) is 5.20. The number of thiophene rings is 1. The maximum atomic E-state index is 13.2. The Morgan fingerprint density at radius 1 is 1.17 bits per heavy atom. The Balaban J connectivity index is 1.72. The lowest BCUT2D eigenvalue weighted by atomic mass is 10.0. The van der Waals surface area contributed by atoms with Crippen LogP contribution in [0, 0.1) is 0 Å². The maximum absolute atomic E-state index is 13.2. The summed E-state index contributed by atoms with van der Waals surface area (Å²) in [5.74, 6) is -0.0795. The summed E-state index contributed by atoms with van der Waals surface area (Å²) in [6.07, 6.45) is 3.46. The summed E-state index contributed by atoms with van der Waals surface area (Å²) < 4.78 is 1.42. The lowest BCUT2D eigenvalue weighted by Gasteiger charge is -2.17. The molecule has 0 radical (unpaired) electrons. The molecule has 0 atom stereocenters. The average Bonchev–Trinajstić information content (AvgIpc) is 3.18. The first-order chi connectivity index (χ1) is 14.1. The van der Waals surface area contributed by atoms with Crippen molar-refractivity contribution in [2.45, 2.75) is 26.3 Å². The van der Waals surface area contributed by atoms with Gasteiger partial charge in [-0.15, -0.1) is 11.3 Å². The molecule has 0 saturated heterocycles. The normalized spacial score (nSPS) is 11.2. The highest BCUT2D eigenvalue weighted by molar-refractivity contribution is 7.17. The van der Waals surface area contributed by atoms with Crippen molar-refractivity contribution >= 4 is 38.2 Å². The molecular formula is C23H23N3O2S. The summed E-state index contributed by atoms with van der Waals surface area (Å²) in [6.45, 7) is 2.79. The Morgan fingerprint density at radius 3 is 2.76 bits per heavy atom. The van der Waals surface area contributed by atoms with Gasteiger partial charge in [0.15, 0.2) is 0 Å². The zero-order valence-electron chi connectivity index (χ0n) is 16.6. The highest BCUT2D eigenvalue weighted by Gasteiger charge is 2.16. The third kappa shape index (κ3) is 3.80. The summed E-state index contributed by atoms with van der Waals surface area (Å²) in [6, 6.07) is 14.3. The van der Waals surface area contributed by atoms with E-state index >= 15 is 0 Å². The Morgan fingerprint density at radius 2 is 1.97 bits per heavy atom. The lowest BCUT2D eigenvalue weighted by Crippen LogP contribution is -2.34. The first-order valence-electron chi connectivity index (χ1n) is 9.78. The van der Waals surface area contributed by atoms with Crippen LogP contribution in [0.25, 0.3) is 32.1 Å². The van der Waals surface area contributed by atoms with Crippen LogP contribution in [-0.4, -0.2) is 34.0 Å². The molecule has 0 aliphatic carbocycles. The van der Waals surface area contributed by atoms with Gasteiger partial charge >= 0.3 is 0 Å². The predicted octanol–water partition coefficient (Wildman–Crippen LogP) is 4.54. The largest absolute Gasteiger partial charge is 0.344 e. The number of amides is 1. The van der Waals surface area contributed by atoms with E-state index in [0.717, 1.165) is 34.7 Å². The minimum Gasteiger partial charge on any atom is -0.344 e. The summed E-state index contributed by atoms with van der Waals surface area (Å²) in [7, 11) is 1.78. The van der Waals surface area contributed by atoms with E-state index in [2.05, 4.69) is 36.2 Å². The fraction of sp³-hybridized carbons (Fsp3) is 0.261. The van der Waals surface area contributed by atoms with Crippen LogP contribution in [0.5, 0.6) is 0 Å². The van der Waals surface area contributed by atoms with Crippen molar-refractivity contribution in [3.8, 4) is 11.1 Å². The Kier molecular flexibility index (Phi) is 5.45. The number of nitrogens with zero attached hydrogens (tertiary/aromatic N) is 3. The second-order valence-corrected chi connectivity index (χ2v) is 8.10. The molecule has 4 rings (SSSR count). The zero-order valence-corrected chi connectivity index (χ0v) is 17.4. The lowest BCUT2D eigenvalue weighted by molar-refractivity contribution is -0.130. The molecule has 2 aromatic carbocycles. The van der Waals surface area contributed by atoms with Crippen molar-refractivity contribution in [1.82, 2.24) is 14.5 Å². The van der Waals surface area contributed by atoms with Crippen LogP contribution in [0.2, 0.25) is 0 Å². The van der Waals surface area contributed by atoms with Crippen LogP contribution in [0.15, 0.2) is 59.0 Å². The summed E-state index contributed by atoms with van der Waals surface area (Å²) in [5.41, 5.74) is 1.68. The molecule has 0 aliphatic heterocycles. The van der Waals surface area contributed by atoms with Crippen molar-refractivity contribution in [1.29, 1.82) is 0 Å². The molecule has 0 fully saturated rings. The topological polar surface area (TPSA) is 55.2 Å². The van der Waals surface area contributed by atoms with Gasteiger partial charge in [0.25, 0.3) is 5.56 Å². The van der Waals surface area contributed by atoms with E-state index in [0.29, 0.717) is 16.8 Å². The fourth-order valence-electron chi connectivity index (χ4n) is 3.44. The minimum absolute atomic E-state index is 0.00892. The van der Waals surface area contributed by atoms with Gasteiger partial charge in [0, 0.05) is 24.5 Å². The zero-order chi connectivity index (χ0) is 20.4. The van der Waals surface area contributed by atoms with E-state index in [1.165, 1.54) is 22.2 Å². The molecule has 4 aromatic rings. The molecule has 29 heavy (non-hydrogen) atoms. The Labute approximate surface area is 173 Å². The van der Waals surface area contributed by atoms with Gasteiger partial charge in [-0.1, -0.05) is 49.7 Å². The van der Waals surface area contributed by atoms with Gasteiger partial charge in [-0.2, -0.15) is 0 Å². The van der Waals surface area contributed by atoms with Crippen LogP contribution < -0.4 is 5.56 Å². The molecule has 5 nitrogen and oxygen atoms in total. The molecule has 0 saturated carbocycles. The number of likely N-dealkylation sites (N-methyl/N-ethyl adjacent to an activating group) is 1. The Bertz CT molecular complexity index is 1240. The highest BCUT2D eigenvalue weighted by atomic mass is 32.1. The summed E-state index contributed by atoms with van der Waals surface area (Å²) in [5, 5.41) is 4.84. The number of hydrogen-bond donors (Lipinski definition) is 0. The van der Waals surface area contributed by atoms with Gasteiger partial charge in [0.1, 0.15) is 11.4 Å². The molecule has 0 bridgehead atoms. The number of unbranched alkanes of at least 4 members (excludes halogenated alkanes) is 1. The van der Waals surface area contributed by atoms with Crippen molar-refractivity contribution < 1.29 is 4.79 Å². The van der Waals surface area contributed by atoms with E-state index in [1.54, 1.807) is 11.9 Å². The van der Waals surface area contributed by atoms with Crippen LogP contribution >= 0.6 is 11.3 Å². The number of aromatic nitrogens is 2. The van der Waals surface area contributed by atoms with Gasteiger partial charge in [-0.05, 0) is 28.8 Å². The number of benzene rings is 2. The molecule has 0 aliphatic rings. The molecule has 148 valence electrons. The standard InChI is InChI=1S/C23H23N3O2S/c1-3-4-11-25(2)20(27)13-26-15-24-22-21(23(26)28)19(14-29-22)18-10-9-16-7-5-6-8-17(16)12-18/h5-10,12,14-15H,3-4,11,13H2,1-2H3. The van der Waals surface area contributed by atoms with Gasteiger partial charge in [0.2, 0.25) is 5.91 Å². The Hall–Kier alpha value is -2.99. The fourth-order valence-corrected chi connectivity index (χ4v) is 4.34. The molecule has 2 heterocycles. The molecular weight excluding hydrogens is 382 g/mol. The molecule has 2 aromatic heterocycles. The van der Waals surface area contributed by atoms with Gasteiger partial charge in [-0.3, -0.25) is 14.2 Å². The van der Waals surface area contributed by atoms with Crippen LogP contribution in [0.3, 0.4) is 0 Å². The number of carbonyl (C=O) groups is 1. The summed E-state index contributed by atoms with van der Waals surface area (Å²) in [4.78, 5) is 32.5. The summed E-state index contributed by atoms with van der Waals surface area (Å²) >= 11 is 1.45. The smallest absolute Gasteiger partial charge is 0.263 e. The molecule has 0 N–H and O–H groups in total. The predicted molar refractivity (Wildman–Crippen MR) is 119 cm³/mol. The molecule has 0 spiro atoms. The first kappa shape index (κ1) is 19.3. The number of fused-ring (bicyclic) bond motifs is 2. The number of rotatable bonds is 6. The monoisotopic (exact) mass is 405 g/mol. The van der Waals surface area contributed by atoms with Crippen molar-refractivity contribution in [2.75, 3.05) is 13.6 Å². The minimum atomic E-state index is -0.170.